The lowest BCUT2D eigenvalue weighted by Gasteiger charge is -2.48. The lowest BCUT2D eigenvalue weighted by Crippen LogP contribution is -2.66. The number of rotatable bonds is 60. The van der Waals surface area contributed by atoms with E-state index in [-0.39, 0.29) is 18.9 Å². The van der Waals surface area contributed by atoms with Crippen LogP contribution in [0.3, 0.4) is 0 Å². The topological polar surface area (TPSA) is 307 Å². The van der Waals surface area contributed by atoms with E-state index in [9.17, 15) is 61.0 Å². The van der Waals surface area contributed by atoms with Crippen molar-refractivity contribution in [3.63, 3.8) is 0 Å². The Labute approximate surface area is 585 Å². The highest BCUT2D eigenvalue weighted by molar-refractivity contribution is 5.76. The summed E-state index contributed by atoms with van der Waals surface area (Å²) in [7, 11) is 0. The SMILES string of the molecule is CC/C=C\C/C=C\C/C=C\C/C=C\CCCCCCCCCCCCC(=O)NC(COC1OC(CO)C(OC2OC(CO)C(OC3OC(CO)C(O)C(O)C3O)C(O)C2O)C(O)C1O)C(O)/C=C/CC/C=C/CCCCCCCCCCCCCCCCCCCCCCCCC. The number of amides is 1. The van der Waals surface area contributed by atoms with Crippen LogP contribution in [0, 0.1) is 0 Å². The molecule has 19 nitrogen and oxygen atoms in total. The Morgan fingerprint density at radius 2 is 0.722 bits per heavy atom. The van der Waals surface area contributed by atoms with E-state index < -0.39 is 124 Å². The van der Waals surface area contributed by atoms with E-state index in [1.54, 1.807) is 6.08 Å². The van der Waals surface area contributed by atoms with Crippen molar-refractivity contribution in [3.8, 4) is 0 Å². The maximum Gasteiger partial charge on any atom is 0.220 e. The highest BCUT2D eigenvalue weighted by Gasteiger charge is 2.53. The van der Waals surface area contributed by atoms with Crippen molar-refractivity contribution in [2.24, 2.45) is 0 Å². The number of ether oxygens (including phenoxy) is 6. The normalized spacial score (nSPS) is 27.3. The number of allylic oxidation sites excluding steroid dienone is 11. The highest BCUT2D eigenvalue weighted by atomic mass is 16.8. The van der Waals surface area contributed by atoms with E-state index in [0.29, 0.717) is 12.8 Å². The molecular weight excluding hydrogens is 1240 g/mol. The molecule has 3 aliphatic heterocycles. The molecule has 1 amide bonds. The average molecular weight is 1380 g/mol. The summed E-state index contributed by atoms with van der Waals surface area (Å²) in [6.45, 7) is 1.63. The maximum absolute atomic E-state index is 13.4. The molecule has 0 spiro atoms. The fourth-order valence-corrected chi connectivity index (χ4v) is 12.8. The molecule has 0 radical (unpaired) electrons. The van der Waals surface area contributed by atoms with Gasteiger partial charge in [-0.1, -0.05) is 279 Å². The monoisotopic (exact) mass is 1380 g/mol. The lowest BCUT2D eigenvalue weighted by molar-refractivity contribution is -0.379. The first-order valence-corrected chi connectivity index (χ1v) is 38.7. The minimum atomic E-state index is -1.98. The molecule has 97 heavy (non-hydrogen) atoms. The molecule has 564 valence electrons. The average Bonchev–Trinajstić information content (AvgIpc) is 0.826. The number of unbranched alkanes of at least 4 members (excludes halogenated alkanes) is 34. The first-order chi connectivity index (χ1) is 47.3. The van der Waals surface area contributed by atoms with Crippen molar-refractivity contribution >= 4 is 5.91 Å². The Kier molecular flexibility index (Phi) is 53.5. The summed E-state index contributed by atoms with van der Waals surface area (Å²) in [5.41, 5.74) is 0. The van der Waals surface area contributed by atoms with Crippen molar-refractivity contribution in [1.29, 1.82) is 0 Å². The van der Waals surface area contributed by atoms with Crippen LogP contribution in [0.15, 0.2) is 72.9 Å². The molecule has 3 fully saturated rings. The third kappa shape index (κ3) is 39.5. The van der Waals surface area contributed by atoms with Crippen LogP contribution in [0.2, 0.25) is 0 Å². The van der Waals surface area contributed by atoms with Gasteiger partial charge in [-0.3, -0.25) is 4.79 Å². The minimum Gasteiger partial charge on any atom is -0.394 e. The largest absolute Gasteiger partial charge is 0.394 e. The van der Waals surface area contributed by atoms with Crippen LogP contribution < -0.4 is 5.32 Å². The van der Waals surface area contributed by atoms with Crippen molar-refractivity contribution in [2.75, 3.05) is 26.4 Å². The number of aliphatic hydroxyl groups is 11. The number of carbonyl (C=O) groups excluding carboxylic acids is 1. The first-order valence-electron chi connectivity index (χ1n) is 38.7. The Morgan fingerprint density at radius 1 is 0.381 bits per heavy atom. The molecule has 3 aliphatic rings. The second-order valence-corrected chi connectivity index (χ2v) is 27.4. The van der Waals surface area contributed by atoms with Gasteiger partial charge in [0.2, 0.25) is 5.91 Å². The number of hydrogen-bond acceptors (Lipinski definition) is 18. The van der Waals surface area contributed by atoms with Gasteiger partial charge in [0.15, 0.2) is 18.9 Å². The predicted molar refractivity (Wildman–Crippen MR) is 383 cm³/mol. The first kappa shape index (κ1) is 88.4. The summed E-state index contributed by atoms with van der Waals surface area (Å²) in [6.07, 6.45) is 48.9. The van der Waals surface area contributed by atoms with Crippen molar-refractivity contribution in [1.82, 2.24) is 5.32 Å². The van der Waals surface area contributed by atoms with Gasteiger partial charge in [0.1, 0.15) is 73.2 Å². The molecule has 19 heteroatoms. The van der Waals surface area contributed by atoms with Gasteiger partial charge in [0.25, 0.3) is 0 Å². The zero-order chi connectivity index (χ0) is 70.4. The Hall–Kier alpha value is -2.77. The Balaban J connectivity index is 1.41. The third-order valence-corrected chi connectivity index (χ3v) is 19.0. The second kappa shape index (κ2) is 58.7. The Morgan fingerprint density at radius 3 is 1.15 bits per heavy atom. The fourth-order valence-electron chi connectivity index (χ4n) is 12.8. The third-order valence-electron chi connectivity index (χ3n) is 19.0. The zero-order valence-electron chi connectivity index (χ0n) is 60.0. The van der Waals surface area contributed by atoms with Crippen molar-refractivity contribution in [3.05, 3.63) is 72.9 Å². The summed E-state index contributed by atoms with van der Waals surface area (Å²) in [5.74, 6) is -0.290. The molecule has 17 unspecified atom stereocenters. The summed E-state index contributed by atoms with van der Waals surface area (Å²) >= 11 is 0. The number of carbonyl (C=O) groups is 1. The standard InChI is InChI=1S/C78H139NO18/c1-3-5-7-9-11-13-15-17-19-21-23-25-27-28-29-30-31-32-34-35-37-39-41-43-45-47-49-51-53-55-62(83)61(79-66(84)56-54-52-50-48-46-44-42-40-38-36-33-26-24-22-20-18-16-14-12-10-8-6-4-2)60-92-76-72(90)69(87)74(64(58-81)94-76)97-78-73(91)70(88)75(65(59-82)95-78)96-77-71(89)68(86)67(85)63(57-80)93-77/h6,8,12,14,18,20,24,26,45,47,53,55,61-65,67-78,80-83,85-91H,3-5,7,9-11,13,15-17,19,21-23,25,27-44,46,48-52,54,56-60H2,1-2H3,(H,79,84)/b8-6-,14-12-,20-18-,26-24-,47-45+,55-53+. The van der Waals surface area contributed by atoms with E-state index in [2.05, 4.69) is 79.9 Å². The summed E-state index contributed by atoms with van der Waals surface area (Å²) in [6, 6.07) is -0.998. The molecule has 0 bridgehead atoms. The lowest BCUT2D eigenvalue weighted by atomic mass is 9.96. The number of nitrogens with one attached hydrogen (secondary N) is 1. The zero-order valence-corrected chi connectivity index (χ0v) is 60.0. The van der Waals surface area contributed by atoms with Gasteiger partial charge >= 0.3 is 0 Å². The van der Waals surface area contributed by atoms with E-state index in [0.717, 1.165) is 77.0 Å². The highest BCUT2D eigenvalue weighted by Crippen LogP contribution is 2.33. The molecule has 0 saturated carbocycles. The smallest absolute Gasteiger partial charge is 0.220 e. The number of hydrogen-bond donors (Lipinski definition) is 12. The number of aliphatic hydroxyl groups excluding tert-OH is 11. The van der Waals surface area contributed by atoms with Gasteiger partial charge in [-0.05, 0) is 70.6 Å². The van der Waals surface area contributed by atoms with Crippen LogP contribution in [0.4, 0.5) is 0 Å². The van der Waals surface area contributed by atoms with Crippen LogP contribution >= 0.6 is 0 Å². The van der Waals surface area contributed by atoms with Gasteiger partial charge in [0.05, 0.1) is 38.6 Å². The van der Waals surface area contributed by atoms with Gasteiger partial charge in [0, 0.05) is 6.42 Å². The molecule has 3 rings (SSSR count). The molecule has 3 saturated heterocycles. The van der Waals surface area contributed by atoms with Gasteiger partial charge < -0.3 is 89.9 Å². The quantitative estimate of drug-likeness (QED) is 0.0199. The molecule has 12 N–H and O–H groups in total. The second-order valence-electron chi connectivity index (χ2n) is 27.4. The summed E-state index contributed by atoms with van der Waals surface area (Å²) < 4.78 is 34.4. The molecule has 17 atom stereocenters. The molecule has 0 aromatic rings. The summed E-state index contributed by atoms with van der Waals surface area (Å²) in [4.78, 5) is 13.4. The van der Waals surface area contributed by atoms with Crippen LogP contribution in [-0.4, -0.2) is 193 Å². The van der Waals surface area contributed by atoms with E-state index in [4.69, 9.17) is 28.4 Å². The van der Waals surface area contributed by atoms with Crippen LogP contribution in [0.1, 0.15) is 284 Å². The van der Waals surface area contributed by atoms with Gasteiger partial charge in [-0.2, -0.15) is 0 Å². The Bertz CT molecular complexity index is 2040. The predicted octanol–water partition coefficient (Wildman–Crippen LogP) is 12.1. The fraction of sp³-hybridized carbons (Fsp3) is 0.833. The molecule has 0 aromatic heterocycles. The molecular formula is C78H139NO18. The van der Waals surface area contributed by atoms with E-state index in [1.165, 1.54) is 173 Å². The van der Waals surface area contributed by atoms with Crippen molar-refractivity contribution < 1.29 is 89.4 Å². The maximum atomic E-state index is 13.4. The van der Waals surface area contributed by atoms with E-state index >= 15 is 0 Å². The van der Waals surface area contributed by atoms with Crippen LogP contribution in [0.25, 0.3) is 0 Å². The molecule has 0 aromatic carbocycles. The minimum absolute atomic E-state index is 0.227. The van der Waals surface area contributed by atoms with E-state index in [1.807, 2.05) is 6.08 Å². The van der Waals surface area contributed by atoms with Crippen LogP contribution in [0.5, 0.6) is 0 Å². The van der Waals surface area contributed by atoms with Crippen molar-refractivity contribution in [2.45, 2.75) is 388 Å². The molecule has 0 aliphatic carbocycles. The molecule has 3 heterocycles. The van der Waals surface area contributed by atoms with Gasteiger partial charge in [-0.25, -0.2) is 0 Å². The summed E-state index contributed by atoms with van der Waals surface area (Å²) in [5, 5.41) is 121. The van der Waals surface area contributed by atoms with Gasteiger partial charge in [-0.15, -0.1) is 0 Å². The van der Waals surface area contributed by atoms with Crippen LogP contribution in [-0.2, 0) is 33.2 Å².